The minimum atomic E-state index is 0.768. The second kappa shape index (κ2) is 5.97. The van der Waals surface area contributed by atoms with Crippen LogP contribution in [0, 0.1) is 5.92 Å². The van der Waals surface area contributed by atoms with Gasteiger partial charge in [-0.25, -0.2) is 0 Å². The Balaban J connectivity index is 2.57. The number of ether oxygens (including phenoxy) is 1. The molecular weight excluding hydrogens is 192 g/mol. The summed E-state index contributed by atoms with van der Waals surface area (Å²) in [5.74, 6) is 2.92. The van der Waals surface area contributed by atoms with Crippen molar-refractivity contribution in [2.75, 3.05) is 12.9 Å². The van der Waals surface area contributed by atoms with Crippen LogP contribution in [-0.2, 0) is 0 Å². The van der Waals surface area contributed by atoms with Crippen LogP contribution >= 0.6 is 11.8 Å². The van der Waals surface area contributed by atoms with Crippen LogP contribution in [0.5, 0.6) is 5.75 Å². The molecule has 0 heterocycles. The quantitative estimate of drug-likeness (QED) is 0.683. The lowest BCUT2D eigenvalue weighted by atomic mass is 10.2. The van der Waals surface area contributed by atoms with E-state index < -0.39 is 0 Å². The van der Waals surface area contributed by atoms with Gasteiger partial charge in [0.2, 0.25) is 0 Å². The van der Waals surface area contributed by atoms with Gasteiger partial charge in [-0.3, -0.25) is 0 Å². The van der Waals surface area contributed by atoms with Crippen molar-refractivity contribution < 1.29 is 4.74 Å². The zero-order chi connectivity index (χ0) is 10.4. The maximum Gasteiger partial charge on any atom is 0.132 e. The lowest BCUT2D eigenvalue weighted by Crippen LogP contribution is -1.95. The third kappa shape index (κ3) is 3.26. The van der Waals surface area contributed by atoms with Crippen LogP contribution < -0.4 is 4.74 Å². The van der Waals surface area contributed by atoms with E-state index in [0.29, 0.717) is 0 Å². The fraction of sp³-hybridized carbons (Fsp3) is 0.500. The summed E-state index contributed by atoms with van der Waals surface area (Å²) in [7, 11) is 1.72. The number of para-hydroxylation sites is 1. The molecule has 1 aromatic rings. The van der Waals surface area contributed by atoms with Gasteiger partial charge in [0, 0.05) is 10.6 Å². The molecule has 0 radical (unpaired) electrons. The van der Waals surface area contributed by atoms with Gasteiger partial charge in [0.05, 0.1) is 7.11 Å². The van der Waals surface area contributed by atoms with Gasteiger partial charge in [-0.05, 0) is 18.1 Å². The van der Waals surface area contributed by atoms with Gasteiger partial charge in [0.25, 0.3) is 0 Å². The van der Waals surface area contributed by atoms with Crippen molar-refractivity contribution in [1.82, 2.24) is 0 Å². The summed E-state index contributed by atoms with van der Waals surface area (Å²) in [6, 6.07) is 8.19. The second-order valence-electron chi connectivity index (χ2n) is 3.48. The molecule has 78 valence electrons. The van der Waals surface area contributed by atoms with Crippen molar-refractivity contribution in [3.05, 3.63) is 24.3 Å². The average molecular weight is 210 g/mol. The average Bonchev–Trinajstić information content (AvgIpc) is 2.26. The topological polar surface area (TPSA) is 9.23 Å². The first-order valence-corrected chi connectivity index (χ1v) is 6.02. The third-order valence-corrected chi connectivity index (χ3v) is 3.67. The van der Waals surface area contributed by atoms with E-state index in [0.717, 1.165) is 17.4 Å². The number of methoxy groups -OCH3 is 1. The fourth-order valence-electron chi connectivity index (χ4n) is 1.09. The molecule has 14 heavy (non-hydrogen) atoms. The van der Waals surface area contributed by atoms with Gasteiger partial charge in [0.1, 0.15) is 5.75 Å². The highest BCUT2D eigenvalue weighted by atomic mass is 32.2. The molecule has 0 amide bonds. The van der Waals surface area contributed by atoms with Crippen LogP contribution in [0.4, 0.5) is 0 Å². The Labute approximate surface area is 90.9 Å². The molecule has 0 N–H and O–H groups in total. The van der Waals surface area contributed by atoms with Crippen LogP contribution in [0.25, 0.3) is 0 Å². The van der Waals surface area contributed by atoms with Gasteiger partial charge < -0.3 is 4.74 Å². The molecule has 2 heteroatoms. The van der Waals surface area contributed by atoms with Gasteiger partial charge >= 0.3 is 0 Å². The SMILES string of the molecule is CCC(C)CSc1ccccc1OC. The van der Waals surface area contributed by atoms with Crippen molar-refractivity contribution >= 4 is 11.8 Å². The monoisotopic (exact) mass is 210 g/mol. The van der Waals surface area contributed by atoms with E-state index in [1.54, 1.807) is 7.11 Å². The molecule has 0 aliphatic rings. The highest BCUT2D eigenvalue weighted by Crippen LogP contribution is 2.30. The van der Waals surface area contributed by atoms with E-state index in [9.17, 15) is 0 Å². The number of rotatable bonds is 5. The lowest BCUT2D eigenvalue weighted by Gasteiger charge is -2.10. The Bertz CT molecular complexity index is 273. The summed E-state index contributed by atoms with van der Waals surface area (Å²) in [5, 5.41) is 0. The molecule has 0 spiro atoms. The normalized spacial score (nSPS) is 12.5. The second-order valence-corrected chi connectivity index (χ2v) is 4.54. The lowest BCUT2D eigenvalue weighted by molar-refractivity contribution is 0.405. The molecule has 1 aromatic carbocycles. The summed E-state index contributed by atoms with van der Waals surface area (Å²) in [6.45, 7) is 4.51. The molecule has 1 nitrogen and oxygen atoms in total. The van der Waals surface area contributed by atoms with Crippen LogP contribution in [0.3, 0.4) is 0 Å². The fourth-order valence-corrected chi connectivity index (χ4v) is 2.26. The molecule has 0 aliphatic heterocycles. The molecular formula is C12H18OS. The van der Waals surface area contributed by atoms with E-state index in [1.807, 2.05) is 23.9 Å². The van der Waals surface area contributed by atoms with Crippen molar-refractivity contribution in [2.24, 2.45) is 5.92 Å². The number of benzene rings is 1. The summed E-state index contributed by atoms with van der Waals surface area (Å²) < 4.78 is 5.29. The first kappa shape index (κ1) is 11.4. The van der Waals surface area contributed by atoms with Gasteiger partial charge in [-0.15, -0.1) is 11.8 Å². The van der Waals surface area contributed by atoms with Crippen molar-refractivity contribution in [2.45, 2.75) is 25.2 Å². The van der Waals surface area contributed by atoms with Crippen LogP contribution in [0.2, 0.25) is 0 Å². The summed E-state index contributed by atoms with van der Waals surface area (Å²) in [4.78, 5) is 1.25. The number of hydrogen-bond acceptors (Lipinski definition) is 2. The Morgan fingerprint density at radius 1 is 1.36 bits per heavy atom. The van der Waals surface area contributed by atoms with Crippen molar-refractivity contribution in [3.63, 3.8) is 0 Å². The zero-order valence-electron chi connectivity index (χ0n) is 9.12. The molecule has 0 aromatic heterocycles. The van der Waals surface area contributed by atoms with Gasteiger partial charge in [-0.1, -0.05) is 32.4 Å². The Kier molecular flexibility index (Phi) is 4.88. The molecule has 0 bridgehead atoms. The third-order valence-electron chi connectivity index (χ3n) is 2.29. The van der Waals surface area contributed by atoms with Crippen molar-refractivity contribution in [1.29, 1.82) is 0 Å². The molecule has 1 atom stereocenters. The Morgan fingerprint density at radius 3 is 2.71 bits per heavy atom. The predicted molar refractivity (Wildman–Crippen MR) is 63.2 cm³/mol. The smallest absolute Gasteiger partial charge is 0.132 e. The Morgan fingerprint density at radius 2 is 2.07 bits per heavy atom. The molecule has 1 rings (SSSR count). The highest BCUT2D eigenvalue weighted by molar-refractivity contribution is 7.99. The van der Waals surface area contributed by atoms with E-state index >= 15 is 0 Å². The van der Waals surface area contributed by atoms with Gasteiger partial charge in [0.15, 0.2) is 0 Å². The number of thioether (sulfide) groups is 1. The van der Waals surface area contributed by atoms with E-state index in [2.05, 4.69) is 26.0 Å². The van der Waals surface area contributed by atoms with E-state index in [4.69, 9.17) is 4.74 Å². The summed E-state index contributed by atoms with van der Waals surface area (Å²) in [6.07, 6.45) is 1.24. The summed E-state index contributed by atoms with van der Waals surface area (Å²) >= 11 is 1.88. The Hall–Kier alpha value is -0.630. The molecule has 0 aliphatic carbocycles. The molecule has 1 unspecified atom stereocenters. The molecule has 0 fully saturated rings. The van der Waals surface area contributed by atoms with Crippen LogP contribution in [0.15, 0.2) is 29.2 Å². The maximum atomic E-state index is 5.29. The molecule has 0 saturated heterocycles. The van der Waals surface area contributed by atoms with Crippen LogP contribution in [-0.4, -0.2) is 12.9 Å². The molecule has 0 saturated carbocycles. The van der Waals surface area contributed by atoms with E-state index in [-0.39, 0.29) is 0 Å². The predicted octanol–water partition coefficient (Wildman–Crippen LogP) is 3.83. The first-order valence-electron chi connectivity index (χ1n) is 5.03. The highest BCUT2D eigenvalue weighted by Gasteiger charge is 2.04. The van der Waals surface area contributed by atoms with Gasteiger partial charge in [-0.2, -0.15) is 0 Å². The first-order chi connectivity index (χ1) is 6.77. The summed E-state index contributed by atoms with van der Waals surface area (Å²) in [5.41, 5.74) is 0. The number of hydrogen-bond donors (Lipinski definition) is 0. The van der Waals surface area contributed by atoms with Crippen LogP contribution in [0.1, 0.15) is 20.3 Å². The largest absolute Gasteiger partial charge is 0.496 e. The minimum Gasteiger partial charge on any atom is -0.496 e. The minimum absolute atomic E-state index is 0.768. The van der Waals surface area contributed by atoms with Crippen molar-refractivity contribution in [3.8, 4) is 5.75 Å². The maximum absolute atomic E-state index is 5.29. The standard InChI is InChI=1S/C12H18OS/c1-4-10(2)9-14-12-8-6-5-7-11(12)13-3/h5-8,10H,4,9H2,1-3H3. The van der Waals surface area contributed by atoms with E-state index in [1.165, 1.54) is 11.3 Å². The zero-order valence-corrected chi connectivity index (χ0v) is 9.93.